The predicted molar refractivity (Wildman–Crippen MR) is 135 cm³/mol. The normalized spacial score (nSPS) is 16.4. The molecule has 1 aliphatic carbocycles. The first-order chi connectivity index (χ1) is 16.8. The molecule has 7 rings (SSSR count). The van der Waals surface area contributed by atoms with Gasteiger partial charge in [0.15, 0.2) is 5.82 Å². The standard InChI is InChI=1S/C27H25N7/c1-2-4-18(5-3-1)22-14-20-19(8-9-30-25(20)31-22)26-32-23-16-29-15-21(17-6-7-17)24(23)27(33-26)34-12-10-28-11-13-34/h1-5,8-9,14-17,28H,6-7,10-13H2,(H,30,31). The topological polar surface area (TPSA) is 82.6 Å². The van der Waals surface area contributed by atoms with Crippen molar-refractivity contribution in [1.29, 1.82) is 0 Å². The third-order valence-electron chi connectivity index (χ3n) is 6.91. The Hall–Kier alpha value is -3.84. The van der Waals surface area contributed by atoms with E-state index in [0.717, 1.165) is 71.2 Å². The first-order valence-electron chi connectivity index (χ1n) is 12.0. The van der Waals surface area contributed by atoms with Crippen molar-refractivity contribution in [3.63, 3.8) is 0 Å². The molecule has 1 saturated carbocycles. The van der Waals surface area contributed by atoms with E-state index in [1.807, 2.05) is 42.9 Å². The zero-order valence-corrected chi connectivity index (χ0v) is 18.8. The summed E-state index contributed by atoms with van der Waals surface area (Å²) in [7, 11) is 0. The van der Waals surface area contributed by atoms with Crippen LogP contribution in [0.5, 0.6) is 0 Å². The van der Waals surface area contributed by atoms with Gasteiger partial charge >= 0.3 is 0 Å². The fourth-order valence-electron chi connectivity index (χ4n) is 5.01. The zero-order valence-electron chi connectivity index (χ0n) is 18.8. The van der Waals surface area contributed by atoms with Crippen LogP contribution in [0.3, 0.4) is 0 Å². The summed E-state index contributed by atoms with van der Waals surface area (Å²) in [5.74, 6) is 2.34. The molecule has 34 heavy (non-hydrogen) atoms. The maximum atomic E-state index is 5.22. The number of pyridine rings is 2. The summed E-state index contributed by atoms with van der Waals surface area (Å²) in [6.45, 7) is 3.79. The highest BCUT2D eigenvalue weighted by Gasteiger charge is 2.29. The number of aromatic amines is 1. The van der Waals surface area contributed by atoms with Gasteiger partial charge in [-0.3, -0.25) is 4.98 Å². The van der Waals surface area contributed by atoms with Crippen LogP contribution < -0.4 is 10.2 Å². The summed E-state index contributed by atoms with van der Waals surface area (Å²) in [6.07, 6.45) is 8.20. The number of hydrogen-bond acceptors (Lipinski definition) is 6. The Kier molecular flexibility index (Phi) is 4.55. The monoisotopic (exact) mass is 447 g/mol. The van der Waals surface area contributed by atoms with E-state index in [2.05, 4.69) is 43.4 Å². The van der Waals surface area contributed by atoms with Crippen molar-refractivity contribution in [2.24, 2.45) is 0 Å². The van der Waals surface area contributed by atoms with Gasteiger partial charge < -0.3 is 15.2 Å². The van der Waals surface area contributed by atoms with Crippen LogP contribution >= 0.6 is 0 Å². The molecule has 2 N–H and O–H groups in total. The van der Waals surface area contributed by atoms with Crippen LogP contribution in [0, 0.1) is 0 Å². The van der Waals surface area contributed by atoms with Gasteiger partial charge in [0, 0.05) is 60.6 Å². The number of nitrogens with zero attached hydrogens (tertiary/aromatic N) is 5. The molecule has 1 aromatic carbocycles. The van der Waals surface area contributed by atoms with E-state index in [9.17, 15) is 0 Å². The molecular formula is C27H25N7. The molecule has 2 aliphatic rings. The predicted octanol–water partition coefficient (Wildman–Crippen LogP) is 4.52. The van der Waals surface area contributed by atoms with Gasteiger partial charge in [0.25, 0.3) is 0 Å². The molecular weight excluding hydrogens is 422 g/mol. The molecule has 0 amide bonds. The van der Waals surface area contributed by atoms with Gasteiger partial charge in [-0.1, -0.05) is 30.3 Å². The first-order valence-corrected chi connectivity index (χ1v) is 12.0. The molecule has 0 radical (unpaired) electrons. The van der Waals surface area contributed by atoms with E-state index in [1.54, 1.807) is 0 Å². The summed E-state index contributed by atoms with van der Waals surface area (Å²) in [5, 5.41) is 5.66. The summed E-state index contributed by atoms with van der Waals surface area (Å²) < 4.78 is 0. The Morgan fingerprint density at radius 1 is 0.941 bits per heavy atom. The number of benzene rings is 1. The fourth-order valence-corrected chi connectivity index (χ4v) is 5.01. The van der Waals surface area contributed by atoms with E-state index in [0.29, 0.717) is 5.92 Å². The quantitative estimate of drug-likeness (QED) is 0.421. The van der Waals surface area contributed by atoms with Crippen LogP contribution in [-0.4, -0.2) is 51.1 Å². The van der Waals surface area contributed by atoms with E-state index in [-0.39, 0.29) is 0 Å². The Balaban J connectivity index is 1.44. The number of aromatic nitrogens is 5. The molecule has 0 bridgehead atoms. The maximum absolute atomic E-state index is 5.22. The van der Waals surface area contributed by atoms with Crippen molar-refractivity contribution in [1.82, 2.24) is 30.2 Å². The number of piperazine rings is 1. The molecule has 0 spiro atoms. The lowest BCUT2D eigenvalue weighted by atomic mass is 10.1. The molecule has 1 aliphatic heterocycles. The van der Waals surface area contributed by atoms with Crippen molar-refractivity contribution in [2.45, 2.75) is 18.8 Å². The minimum atomic E-state index is 0.582. The molecule has 2 fully saturated rings. The molecule has 4 aromatic heterocycles. The number of H-pyrrole nitrogens is 1. The SMILES string of the molecule is c1ccc(-c2cc3c(-c4nc(N5CCNCC5)c5c(C6CC6)cncc5n4)ccnc3[nH]2)cc1. The molecule has 5 aromatic rings. The lowest BCUT2D eigenvalue weighted by molar-refractivity contribution is 0.586. The number of hydrogen-bond donors (Lipinski definition) is 2. The van der Waals surface area contributed by atoms with Gasteiger partial charge in [-0.2, -0.15) is 0 Å². The van der Waals surface area contributed by atoms with Gasteiger partial charge in [-0.25, -0.2) is 15.0 Å². The minimum Gasteiger partial charge on any atom is -0.353 e. The average molecular weight is 448 g/mol. The molecule has 7 nitrogen and oxygen atoms in total. The smallest absolute Gasteiger partial charge is 0.163 e. The van der Waals surface area contributed by atoms with Crippen molar-refractivity contribution in [3.8, 4) is 22.6 Å². The third-order valence-corrected chi connectivity index (χ3v) is 6.91. The summed E-state index contributed by atoms with van der Waals surface area (Å²) in [6, 6.07) is 14.5. The number of anilines is 1. The lowest BCUT2D eigenvalue weighted by Gasteiger charge is -2.30. The van der Waals surface area contributed by atoms with Crippen molar-refractivity contribution < 1.29 is 0 Å². The zero-order chi connectivity index (χ0) is 22.5. The summed E-state index contributed by atoms with van der Waals surface area (Å²) in [5.41, 5.74) is 6.21. The maximum Gasteiger partial charge on any atom is 0.163 e. The second-order valence-electron chi connectivity index (χ2n) is 9.17. The molecule has 5 heterocycles. The highest BCUT2D eigenvalue weighted by Crippen LogP contribution is 2.45. The van der Waals surface area contributed by atoms with E-state index in [1.165, 1.54) is 23.8 Å². The Labute approximate surface area is 197 Å². The highest BCUT2D eigenvalue weighted by molar-refractivity contribution is 5.98. The van der Waals surface area contributed by atoms with Crippen LogP contribution in [0.2, 0.25) is 0 Å². The second kappa shape index (κ2) is 7.88. The number of fused-ring (bicyclic) bond motifs is 2. The summed E-state index contributed by atoms with van der Waals surface area (Å²) >= 11 is 0. The van der Waals surface area contributed by atoms with Gasteiger partial charge in [-0.15, -0.1) is 0 Å². The van der Waals surface area contributed by atoms with Crippen LogP contribution in [-0.2, 0) is 0 Å². The number of nitrogens with one attached hydrogen (secondary N) is 2. The average Bonchev–Trinajstić information content (AvgIpc) is 3.66. The lowest BCUT2D eigenvalue weighted by Crippen LogP contribution is -2.44. The van der Waals surface area contributed by atoms with Crippen molar-refractivity contribution in [3.05, 3.63) is 66.6 Å². The van der Waals surface area contributed by atoms with E-state index >= 15 is 0 Å². The summed E-state index contributed by atoms with van der Waals surface area (Å²) in [4.78, 5) is 25.3. The van der Waals surface area contributed by atoms with E-state index in [4.69, 9.17) is 9.97 Å². The van der Waals surface area contributed by atoms with Crippen LogP contribution in [0.1, 0.15) is 24.3 Å². The Morgan fingerprint density at radius 3 is 2.62 bits per heavy atom. The third kappa shape index (κ3) is 3.31. The van der Waals surface area contributed by atoms with Gasteiger partial charge in [0.2, 0.25) is 0 Å². The van der Waals surface area contributed by atoms with Crippen LogP contribution in [0.4, 0.5) is 5.82 Å². The molecule has 0 atom stereocenters. The van der Waals surface area contributed by atoms with E-state index < -0.39 is 0 Å². The largest absolute Gasteiger partial charge is 0.353 e. The molecule has 168 valence electrons. The molecule has 1 saturated heterocycles. The Bertz CT molecular complexity index is 1500. The number of rotatable bonds is 4. The van der Waals surface area contributed by atoms with Gasteiger partial charge in [0.1, 0.15) is 11.5 Å². The van der Waals surface area contributed by atoms with Gasteiger partial charge in [0.05, 0.1) is 11.7 Å². The fraction of sp³-hybridized carbons (Fsp3) is 0.259. The van der Waals surface area contributed by atoms with Crippen molar-refractivity contribution >= 4 is 27.8 Å². The molecule has 7 heteroatoms. The van der Waals surface area contributed by atoms with Crippen LogP contribution in [0.25, 0.3) is 44.6 Å². The van der Waals surface area contributed by atoms with Crippen molar-refractivity contribution in [2.75, 3.05) is 31.1 Å². The Morgan fingerprint density at radius 2 is 1.79 bits per heavy atom. The second-order valence-corrected chi connectivity index (χ2v) is 9.17. The highest BCUT2D eigenvalue weighted by atomic mass is 15.2. The minimum absolute atomic E-state index is 0.582. The first kappa shape index (κ1) is 19.6. The van der Waals surface area contributed by atoms with Crippen LogP contribution in [0.15, 0.2) is 61.1 Å². The van der Waals surface area contributed by atoms with Gasteiger partial charge in [-0.05, 0) is 42.0 Å². The molecule has 0 unspecified atom stereocenters.